The van der Waals surface area contributed by atoms with E-state index in [1.807, 2.05) is 36.4 Å². The summed E-state index contributed by atoms with van der Waals surface area (Å²) >= 11 is 0. The Balaban J connectivity index is 2.18. The minimum Gasteiger partial charge on any atom is -0.547 e. The number of carbonyl (C=O) groups excluding carboxylic acids is 2. The Bertz CT molecular complexity index is 1270. The highest BCUT2D eigenvalue weighted by Crippen LogP contribution is 2.59. The minimum absolute atomic E-state index is 0.233. The van der Waals surface area contributed by atoms with Gasteiger partial charge in [-0.15, -0.1) is 0 Å². The molecule has 0 unspecified atom stereocenters. The van der Waals surface area contributed by atoms with Gasteiger partial charge in [-0.25, -0.2) is 0 Å². The zero-order chi connectivity index (χ0) is 37.1. The van der Waals surface area contributed by atoms with Crippen molar-refractivity contribution < 1.29 is 36.1 Å². The summed E-state index contributed by atoms with van der Waals surface area (Å²) in [7, 11) is -5.54. The van der Waals surface area contributed by atoms with Crippen LogP contribution in [0.4, 0.5) is 0 Å². The molecular weight excluding hydrogens is 729 g/mol. The van der Waals surface area contributed by atoms with E-state index in [0.717, 1.165) is 34.1 Å². The van der Waals surface area contributed by atoms with Crippen molar-refractivity contribution in [3.8, 4) is 23.0 Å². The second-order valence-electron chi connectivity index (χ2n) is 16.4. The van der Waals surface area contributed by atoms with E-state index >= 15 is 0 Å². The molecule has 14 heteroatoms. The fourth-order valence-corrected chi connectivity index (χ4v) is 10.2. The largest absolute Gasteiger partial charge is 0.547 e. The number of benzene rings is 2. The number of carbonyl (C=O) groups is 2. The Morgan fingerprint density at radius 1 is 0.440 bits per heavy atom. The lowest BCUT2D eigenvalue weighted by atomic mass is 9.52. The van der Waals surface area contributed by atoms with E-state index in [4.69, 9.17) is 26.6 Å². The monoisotopic (exact) mass is 792 g/mol. The zero-order valence-electron chi connectivity index (χ0n) is 32.7. The molecule has 3 rings (SSSR count). The predicted octanol–water partition coefficient (Wildman–Crippen LogP) is 4.87. The number of hydrogen-bond donors (Lipinski definition) is 0. The molecule has 50 heavy (non-hydrogen) atoms. The SMILES string of the molecule is CC(C)[SiH2]OC(=O)C1C(c2ccc(O[SiH2]C(C)C)c(O[SiH2]C(C)C)c2)C(C(=O)O[SiH2]C(C)C)C1c1ccc(O[SiH2]C(C)C)c(O[SiH2]C(C)C)c1. The molecule has 2 aromatic rings. The first-order valence-corrected chi connectivity index (χ1v) is 27.1. The standard InChI is InChI=1S/C36H64O8Si6/c1-19(2)45-39-27-15-13-25(17-29(27)41-47-21(5)6)31-33(35(37)43-49-23(9)10)32(34(31)36(38)44-50-24(11)12)26-14-16-28(40-46-20(3)4)30(18-26)42-48-22(7)8/h13-24,31-34H,45-50H2,1-12H3. The second kappa shape index (κ2) is 20.2. The fraction of sp³-hybridized carbons (Fsp3) is 0.611. The zero-order valence-corrected chi connectivity index (χ0v) is 41.2. The van der Waals surface area contributed by atoms with Gasteiger partial charge in [-0.1, -0.05) is 95.2 Å². The molecule has 1 aliphatic rings. The smallest absolute Gasteiger partial charge is 0.296 e. The third kappa shape index (κ3) is 12.5. The van der Waals surface area contributed by atoms with Gasteiger partial charge in [-0.05, 0) is 68.6 Å². The highest BCUT2D eigenvalue weighted by molar-refractivity contribution is 6.33. The molecule has 0 saturated heterocycles. The first-order chi connectivity index (χ1) is 23.6. The molecule has 0 bridgehead atoms. The van der Waals surface area contributed by atoms with Gasteiger partial charge >= 0.3 is 0 Å². The van der Waals surface area contributed by atoms with Crippen LogP contribution in [0.1, 0.15) is 106 Å². The van der Waals surface area contributed by atoms with Gasteiger partial charge in [0.1, 0.15) is 23.0 Å². The molecule has 0 atom stereocenters. The Kier molecular flexibility index (Phi) is 17.1. The van der Waals surface area contributed by atoms with E-state index in [1.54, 1.807) is 0 Å². The lowest BCUT2D eigenvalue weighted by Gasteiger charge is -2.50. The van der Waals surface area contributed by atoms with Crippen LogP contribution in [0.2, 0.25) is 33.2 Å². The van der Waals surface area contributed by atoms with Gasteiger partial charge in [0.15, 0.2) is 0 Å². The molecule has 0 spiro atoms. The third-order valence-electron chi connectivity index (χ3n) is 8.20. The van der Waals surface area contributed by atoms with Crippen molar-refractivity contribution in [2.24, 2.45) is 11.8 Å². The number of rotatable bonds is 20. The summed E-state index contributed by atoms with van der Waals surface area (Å²) in [5, 5.41) is 0. The lowest BCUT2D eigenvalue weighted by molar-refractivity contribution is -0.156. The molecule has 1 aliphatic carbocycles. The van der Waals surface area contributed by atoms with Gasteiger partial charge in [0, 0.05) is 11.8 Å². The summed E-state index contributed by atoms with van der Waals surface area (Å²) in [6.07, 6.45) is 0. The summed E-state index contributed by atoms with van der Waals surface area (Å²) in [5.41, 5.74) is 4.32. The highest BCUT2D eigenvalue weighted by Gasteiger charge is 2.59. The van der Waals surface area contributed by atoms with Crippen LogP contribution in [0.25, 0.3) is 0 Å². The molecule has 280 valence electrons. The van der Waals surface area contributed by atoms with Crippen molar-refractivity contribution in [2.75, 3.05) is 0 Å². The lowest BCUT2D eigenvalue weighted by Crippen LogP contribution is -2.52. The Morgan fingerprint density at radius 3 is 1.00 bits per heavy atom. The fourth-order valence-electron chi connectivity index (χ4n) is 5.81. The Labute approximate surface area is 315 Å². The second-order valence-corrected chi connectivity index (χ2v) is 29.9. The van der Waals surface area contributed by atoms with Crippen molar-refractivity contribution in [1.82, 2.24) is 0 Å². The van der Waals surface area contributed by atoms with Crippen molar-refractivity contribution in [3.05, 3.63) is 47.5 Å². The number of hydrogen-bond acceptors (Lipinski definition) is 8. The molecule has 2 aromatic carbocycles. The van der Waals surface area contributed by atoms with Gasteiger partial charge in [-0.2, -0.15) is 0 Å². The molecule has 0 aliphatic heterocycles. The van der Waals surface area contributed by atoms with Crippen molar-refractivity contribution in [3.63, 3.8) is 0 Å². The van der Waals surface area contributed by atoms with Crippen LogP contribution in [-0.2, 0) is 18.4 Å². The molecule has 0 radical (unpaired) electrons. The average molecular weight is 793 g/mol. The van der Waals surface area contributed by atoms with Gasteiger partial charge in [-0.3, -0.25) is 9.59 Å². The first-order valence-electron chi connectivity index (χ1n) is 18.7. The van der Waals surface area contributed by atoms with Gasteiger partial charge in [0.25, 0.3) is 11.9 Å². The maximum absolute atomic E-state index is 14.2. The maximum atomic E-state index is 14.2. The first kappa shape index (κ1) is 42.3. The Hall–Kier alpha value is -2.12. The van der Waals surface area contributed by atoms with Gasteiger partial charge in [0.2, 0.25) is 58.6 Å². The molecule has 0 amide bonds. The van der Waals surface area contributed by atoms with Crippen LogP contribution >= 0.6 is 0 Å². The average Bonchev–Trinajstić information content (AvgIpc) is 3.02. The summed E-state index contributed by atoms with van der Waals surface area (Å²) in [4.78, 5) is 28.4. The van der Waals surface area contributed by atoms with E-state index in [1.165, 1.54) is 0 Å². The molecule has 0 aromatic heterocycles. The van der Waals surface area contributed by atoms with E-state index in [0.29, 0.717) is 33.2 Å². The van der Waals surface area contributed by atoms with Crippen LogP contribution in [0.5, 0.6) is 23.0 Å². The quantitative estimate of drug-likeness (QED) is 0.176. The van der Waals surface area contributed by atoms with E-state index in [9.17, 15) is 9.59 Å². The van der Waals surface area contributed by atoms with Crippen molar-refractivity contribution >= 4 is 70.5 Å². The van der Waals surface area contributed by atoms with Crippen LogP contribution in [-0.4, -0.2) is 70.5 Å². The summed E-state index contributed by atoms with van der Waals surface area (Å²) < 4.78 is 37.8. The predicted molar refractivity (Wildman–Crippen MR) is 222 cm³/mol. The normalized spacial score (nSPS) is 20.4. The highest BCUT2D eigenvalue weighted by atomic mass is 28.2. The summed E-state index contributed by atoms with van der Waals surface area (Å²) in [5.74, 6) is 0.541. The molecule has 8 nitrogen and oxygen atoms in total. The topological polar surface area (TPSA) is 89.5 Å². The molecule has 1 fully saturated rings. The van der Waals surface area contributed by atoms with Crippen LogP contribution in [0, 0.1) is 11.8 Å². The van der Waals surface area contributed by atoms with Crippen LogP contribution < -0.4 is 17.7 Å². The van der Waals surface area contributed by atoms with Crippen LogP contribution in [0.3, 0.4) is 0 Å². The summed E-state index contributed by atoms with van der Waals surface area (Å²) in [6.45, 7) is 25.8. The maximum Gasteiger partial charge on any atom is 0.296 e. The van der Waals surface area contributed by atoms with E-state index in [2.05, 4.69) is 83.1 Å². The van der Waals surface area contributed by atoms with Crippen molar-refractivity contribution in [2.45, 2.75) is 128 Å². The van der Waals surface area contributed by atoms with Gasteiger partial charge in [0.05, 0.1) is 11.8 Å². The molecular formula is C36H64O8Si6. The minimum atomic E-state index is -1.10. The third-order valence-corrected chi connectivity index (χ3v) is 15.0. The summed E-state index contributed by atoms with van der Waals surface area (Å²) in [6, 6.07) is 12.0. The molecule has 0 N–H and O–H groups in total. The van der Waals surface area contributed by atoms with Crippen molar-refractivity contribution in [1.29, 1.82) is 0 Å². The Morgan fingerprint density at radius 2 is 0.720 bits per heavy atom. The molecule has 1 saturated carbocycles. The molecule has 0 heterocycles. The van der Waals surface area contributed by atoms with Gasteiger partial charge < -0.3 is 26.6 Å². The van der Waals surface area contributed by atoms with E-state index in [-0.39, 0.29) is 11.9 Å². The van der Waals surface area contributed by atoms with E-state index < -0.39 is 82.3 Å². The van der Waals surface area contributed by atoms with Crippen LogP contribution in [0.15, 0.2) is 36.4 Å².